The summed E-state index contributed by atoms with van der Waals surface area (Å²) in [5, 5.41) is 0. The Morgan fingerprint density at radius 3 is 2.52 bits per heavy atom. The average molecular weight is 370 g/mol. The first-order valence-electron chi connectivity index (χ1n) is 9.72. The average Bonchev–Trinajstić information content (AvgIpc) is 3.02. The first-order valence-corrected chi connectivity index (χ1v) is 9.72. The molecular formula is C21H26N2O4. The zero-order chi connectivity index (χ0) is 18.8. The van der Waals surface area contributed by atoms with Crippen molar-refractivity contribution in [2.75, 3.05) is 38.3 Å². The van der Waals surface area contributed by atoms with Crippen LogP contribution in [0.2, 0.25) is 0 Å². The van der Waals surface area contributed by atoms with E-state index < -0.39 is 0 Å². The van der Waals surface area contributed by atoms with Gasteiger partial charge in [-0.1, -0.05) is 6.08 Å². The second-order valence-electron chi connectivity index (χ2n) is 7.34. The van der Waals surface area contributed by atoms with Gasteiger partial charge in [0.25, 0.3) is 0 Å². The molecule has 4 rings (SSSR count). The third-order valence-corrected chi connectivity index (χ3v) is 5.83. The summed E-state index contributed by atoms with van der Waals surface area (Å²) < 4.78 is 10.6. The number of ether oxygens (including phenoxy) is 2. The number of hydrogen-bond donors (Lipinski definition) is 0. The van der Waals surface area contributed by atoms with Crippen molar-refractivity contribution >= 4 is 17.5 Å². The predicted octanol–water partition coefficient (Wildman–Crippen LogP) is 2.59. The van der Waals surface area contributed by atoms with E-state index in [0.29, 0.717) is 11.4 Å². The van der Waals surface area contributed by atoms with Crippen LogP contribution in [0.4, 0.5) is 5.69 Å². The van der Waals surface area contributed by atoms with Gasteiger partial charge >= 0.3 is 0 Å². The van der Waals surface area contributed by atoms with Crippen LogP contribution in [0.5, 0.6) is 5.75 Å². The number of rotatable bonds is 4. The van der Waals surface area contributed by atoms with Gasteiger partial charge in [0.05, 0.1) is 31.9 Å². The highest BCUT2D eigenvalue weighted by Crippen LogP contribution is 2.40. The first kappa shape index (κ1) is 18.0. The Morgan fingerprint density at radius 1 is 1.07 bits per heavy atom. The molecule has 2 fully saturated rings. The highest BCUT2D eigenvalue weighted by Gasteiger charge is 2.45. The van der Waals surface area contributed by atoms with Gasteiger partial charge in [-0.25, -0.2) is 0 Å². The zero-order valence-corrected chi connectivity index (χ0v) is 15.7. The number of nitrogens with zero attached hydrogens (tertiary/aromatic N) is 2. The normalized spacial score (nSPS) is 26.3. The lowest BCUT2D eigenvalue weighted by Crippen LogP contribution is -2.41. The molecule has 2 amide bonds. The van der Waals surface area contributed by atoms with Crippen molar-refractivity contribution in [2.24, 2.45) is 11.8 Å². The van der Waals surface area contributed by atoms with Crippen molar-refractivity contribution in [2.45, 2.75) is 25.7 Å². The van der Waals surface area contributed by atoms with Gasteiger partial charge in [-0.3, -0.25) is 14.5 Å². The van der Waals surface area contributed by atoms with Gasteiger partial charge in [-0.05, 0) is 43.5 Å². The van der Waals surface area contributed by atoms with E-state index in [0.717, 1.165) is 45.6 Å². The Hall–Kier alpha value is -2.34. The number of amides is 2. The molecule has 0 bridgehead atoms. The Bertz CT molecular complexity index is 737. The van der Waals surface area contributed by atoms with Crippen molar-refractivity contribution < 1.29 is 19.1 Å². The van der Waals surface area contributed by atoms with E-state index in [1.807, 2.05) is 0 Å². The molecular weight excluding hydrogens is 344 g/mol. The molecule has 1 aromatic carbocycles. The standard InChI is InChI=1S/C21H26N2O4/c1-26-16-8-6-15(7-9-16)23-20(24)14-18(21(23)25)17-4-2-3-5-19(17)22-10-12-27-13-11-22/h5-9,17-18H,2-4,10-14H2,1H3. The van der Waals surface area contributed by atoms with E-state index in [-0.39, 0.29) is 30.1 Å². The molecule has 2 saturated heterocycles. The smallest absolute Gasteiger partial charge is 0.238 e. The second-order valence-corrected chi connectivity index (χ2v) is 7.34. The molecule has 3 aliphatic rings. The maximum absolute atomic E-state index is 13.2. The molecule has 0 N–H and O–H groups in total. The van der Waals surface area contributed by atoms with Crippen molar-refractivity contribution in [3.8, 4) is 5.75 Å². The van der Waals surface area contributed by atoms with Gasteiger partial charge in [0, 0.05) is 31.1 Å². The van der Waals surface area contributed by atoms with Gasteiger partial charge in [0.1, 0.15) is 5.75 Å². The van der Waals surface area contributed by atoms with Gasteiger partial charge in [0.2, 0.25) is 11.8 Å². The van der Waals surface area contributed by atoms with Crippen LogP contribution < -0.4 is 9.64 Å². The lowest BCUT2D eigenvalue weighted by atomic mass is 9.80. The Morgan fingerprint density at radius 2 is 1.81 bits per heavy atom. The van der Waals surface area contributed by atoms with Gasteiger partial charge in [-0.2, -0.15) is 0 Å². The molecule has 2 heterocycles. The van der Waals surface area contributed by atoms with E-state index in [1.54, 1.807) is 31.4 Å². The Kier molecular flexibility index (Phi) is 5.16. The number of anilines is 1. The zero-order valence-electron chi connectivity index (χ0n) is 15.7. The summed E-state index contributed by atoms with van der Waals surface area (Å²) in [5.41, 5.74) is 1.87. The fourth-order valence-electron chi connectivity index (χ4n) is 4.45. The van der Waals surface area contributed by atoms with Gasteiger partial charge in [-0.15, -0.1) is 0 Å². The number of allylic oxidation sites excluding steroid dienone is 2. The fourth-order valence-corrected chi connectivity index (χ4v) is 4.45. The molecule has 2 aliphatic heterocycles. The van der Waals surface area contributed by atoms with E-state index in [2.05, 4.69) is 11.0 Å². The molecule has 2 atom stereocenters. The van der Waals surface area contributed by atoms with E-state index in [9.17, 15) is 9.59 Å². The second kappa shape index (κ2) is 7.72. The summed E-state index contributed by atoms with van der Waals surface area (Å²) in [7, 11) is 1.60. The minimum Gasteiger partial charge on any atom is -0.497 e. The summed E-state index contributed by atoms with van der Waals surface area (Å²) in [6, 6.07) is 7.11. The SMILES string of the molecule is COc1ccc(N2C(=O)CC(C3CCCC=C3N3CCOCC3)C2=O)cc1. The molecule has 2 unspecified atom stereocenters. The number of carbonyl (C=O) groups is 2. The molecule has 27 heavy (non-hydrogen) atoms. The lowest BCUT2D eigenvalue weighted by molar-refractivity contribution is -0.123. The van der Waals surface area contributed by atoms with E-state index >= 15 is 0 Å². The molecule has 6 nitrogen and oxygen atoms in total. The van der Waals surface area contributed by atoms with E-state index in [4.69, 9.17) is 9.47 Å². The molecule has 144 valence electrons. The maximum atomic E-state index is 13.2. The predicted molar refractivity (Wildman–Crippen MR) is 101 cm³/mol. The third kappa shape index (κ3) is 3.46. The third-order valence-electron chi connectivity index (χ3n) is 5.83. The van der Waals surface area contributed by atoms with Crippen LogP contribution >= 0.6 is 0 Å². The summed E-state index contributed by atoms with van der Waals surface area (Å²) in [4.78, 5) is 29.6. The van der Waals surface area contributed by atoms with Crippen LogP contribution in [-0.2, 0) is 14.3 Å². The minimum absolute atomic E-state index is 0.0729. The summed E-state index contributed by atoms with van der Waals surface area (Å²) >= 11 is 0. The number of carbonyl (C=O) groups excluding carboxylic acids is 2. The van der Waals surface area contributed by atoms with Crippen molar-refractivity contribution in [1.29, 1.82) is 0 Å². The quantitative estimate of drug-likeness (QED) is 0.763. The fraction of sp³-hybridized carbons (Fsp3) is 0.524. The number of imide groups is 1. The summed E-state index contributed by atoms with van der Waals surface area (Å²) in [6.07, 6.45) is 5.63. The molecule has 6 heteroatoms. The highest BCUT2D eigenvalue weighted by molar-refractivity contribution is 6.21. The molecule has 1 aliphatic carbocycles. The van der Waals surface area contributed by atoms with Gasteiger partial charge < -0.3 is 14.4 Å². The number of benzene rings is 1. The maximum Gasteiger partial charge on any atom is 0.238 e. The molecule has 0 radical (unpaired) electrons. The van der Waals surface area contributed by atoms with Crippen molar-refractivity contribution in [1.82, 2.24) is 4.90 Å². The number of morpholine rings is 1. The van der Waals surface area contributed by atoms with Crippen LogP contribution in [0.1, 0.15) is 25.7 Å². The van der Waals surface area contributed by atoms with Crippen LogP contribution in [0, 0.1) is 11.8 Å². The van der Waals surface area contributed by atoms with E-state index in [1.165, 1.54) is 10.6 Å². The Labute approximate surface area is 159 Å². The summed E-state index contributed by atoms with van der Waals surface area (Å²) in [6.45, 7) is 3.16. The molecule has 0 spiro atoms. The molecule has 1 aromatic rings. The summed E-state index contributed by atoms with van der Waals surface area (Å²) in [5.74, 6) is 0.378. The van der Waals surface area contributed by atoms with Crippen LogP contribution in [0.3, 0.4) is 0 Å². The molecule has 0 saturated carbocycles. The van der Waals surface area contributed by atoms with Crippen LogP contribution in [-0.4, -0.2) is 50.1 Å². The van der Waals surface area contributed by atoms with Crippen LogP contribution in [0.15, 0.2) is 36.0 Å². The highest BCUT2D eigenvalue weighted by atomic mass is 16.5. The Balaban J connectivity index is 1.56. The number of methoxy groups -OCH3 is 1. The monoisotopic (exact) mass is 370 g/mol. The van der Waals surface area contributed by atoms with Crippen molar-refractivity contribution in [3.05, 3.63) is 36.0 Å². The molecule has 0 aromatic heterocycles. The first-order chi connectivity index (χ1) is 13.2. The topological polar surface area (TPSA) is 59.1 Å². The minimum atomic E-state index is -0.269. The number of hydrogen-bond acceptors (Lipinski definition) is 5. The lowest BCUT2D eigenvalue weighted by Gasteiger charge is -2.38. The van der Waals surface area contributed by atoms with Gasteiger partial charge in [0.15, 0.2) is 0 Å². The largest absolute Gasteiger partial charge is 0.497 e. The van der Waals surface area contributed by atoms with Crippen LogP contribution in [0.25, 0.3) is 0 Å². The van der Waals surface area contributed by atoms with Crippen molar-refractivity contribution in [3.63, 3.8) is 0 Å².